The molecule has 2 atom stereocenters. The van der Waals surface area contributed by atoms with Crippen molar-refractivity contribution in [2.24, 2.45) is 11.5 Å². The number of hydrogen-bond donors (Lipinski definition) is 3. The molecule has 1 aliphatic carbocycles. The first-order chi connectivity index (χ1) is 12.5. The van der Waals surface area contributed by atoms with Crippen LogP contribution in [-0.2, 0) is 0 Å². The molecule has 0 bridgehead atoms. The second-order valence-electron chi connectivity index (χ2n) is 6.44. The van der Waals surface area contributed by atoms with E-state index in [1.54, 1.807) is 0 Å². The van der Waals surface area contributed by atoms with E-state index in [1.807, 2.05) is 0 Å². The van der Waals surface area contributed by atoms with Crippen molar-refractivity contribution in [3.05, 3.63) is 48.0 Å². The number of hydrogen-bond acceptors (Lipinski definition) is 5. The van der Waals surface area contributed by atoms with Crippen LogP contribution in [-0.4, -0.2) is 23.0 Å². The van der Waals surface area contributed by atoms with E-state index in [4.69, 9.17) is 11.5 Å². The quantitative estimate of drug-likeness (QED) is 0.711. The van der Waals surface area contributed by atoms with Crippen LogP contribution in [0, 0.1) is 5.82 Å². The SMILES string of the molecule is NC(=O)c1cncc(N(F)c2ccc(F)c(N[C@@H]3CCCC[C@@H]3N)c2)c1. The second-order valence-corrected chi connectivity index (χ2v) is 6.44. The van der Waals surface area contributed by atoms with Crippen molar-refractivity contribution in [3.8, 4) is 0 Å². The summed E-state index contributed by atoms with van der Waals surface area (Å²) < 4.78 is 28.9. The molecule has 1 aromatic carbocycles. The van der Waals surface area contributed by atoms with E-state index >= 15 is 0 Å². The van der Waals surface area contributed by atoms with E-state index in [0.29, 0.717) is 5.12 Å². The lowest BCUT2D eigenvalue weighted by Crippen LogP contribution is -2.42. The van der Waals surface area contributed by atoms with Crippen LogP contribution in [0.3, 0.4) is 0 Å². The van der Waals surface area contributed by atoms with Crippen molar-refractivity contribution in [1.82, 2.24) is 4.98 Å². The molecule has 1 fully saturated rings. The zero-order chi connectivity index (χ0) is 18.7. The summed E-state index contributed by atoms with van der Waals surface area (Å²) in [5.41, 5.74) is 11.7. The van der Waals surface area contributed by atoms with Gasteiger partial charge in [0.05, 0.1) is 28.8 Å². The number of aromatic nitrogens is 1. The van der Waals surface area contributed by atoms with E-state index in [9.17, 15) is 13.7 Å². The number of halogens is 2. The predicted octanol–water partition coefficient (Wildman–Crippen LogP) is 3.02. The minimum absolute atomic E-state index is 0.0215. The lowest BCUT2D eigenvalue weighted by atomic mass is 9.91. The number of carbonyl (C=O) groups excluding carboxylic acids is 1. The molecular formula is C18H21F2N5O. The number of benzene rings is 1. The molecule has 3 rings (SSSR count). The highest BCUT2D eigenvalue weighted by Gasteiger charge is 2.23. The van der Waals surface area contributed by atoms with E-state index in [1.165, 1.54) is 36.7 Å². The molecule has 6 nitrogen and oxygen atoms in total. The highest BCUT2D eigenvalue weighted by atomic mass is 19.2. The highest BCUT2D eigenvalue weighted by Crippen LogP contribution is 2.31. The van der Waals surface area contributed by atoms with Crippen LogP contribution < -0.4 is 21.9 Å². The Balaban J connectivity index is 1.84. The van der Waals surface area contributed by atoms with Gasteiger partial charge in [-0.3, -0.25) is 9.78 Å². The van der Waals surface area contributed by atoms with Crippen molar-refractivity contribution in [3.63, 3.8) is 0 Å². The van der Waals surface area contributed by atoms with E-state index in [2.05, 4.69) is 10.3 Å². The number of nitrogens with zero attached hydrogens (tertiary/aromatic N) is 2. The molecule has 0 radical (unpaired) electrons. The first kappa shape index (κ1) is 18.1. The number of nitrogens with one attached hydrogen (secondary N) is 1. The third kappa shape index (κ3) is 3.91. The summed E-state index contributed by atoms with van der Waals surface area (Å²) in [4.78, 5) is 15.0. The number of nitrogens with two attached hydrogens (primary N) is 2. The van der Waals surface area contributed by atoms with Crippen LogP contribution in [0.25, 0.3) is 0 Å². The monoisotopic (exact) mass is 361 g/mol. The third-order valence-corrected chi connectivity index (χ3v) is 4.57. The highest BCUT2D eigenvalue weighted by molar-refractivity contribution is 5.93. The summed E-state index contributed by atoms with van der Waals surface area (Å²) in [6.45, 7) is 0. The number of anilines is 3. The fourth-order valence-corrected chi connectivity index (χ4v) is 3.10. The number of amides is 1. The van der Waals surface area contributed by atoms with Crippen LogP contribution >= 0.6 is 0 Å². The van der Waals surface area contributed by atoms with E-state index in [-0.39, 0.29) is 34.7 Å². The second kappa shape index (κ2) is 7.65. The van der Waals surface area contributed by atoms with Gasteiger partial charge < -0.3 is 16.8 Å². The number of rotatable bonds is 5. The van der Waals surface area contributed by atoms with Gasteiger partial charge in [-0.2, -0.15) is 5.12 Å². The summed E-state index contributed by atoms with van der Waals surface area (Å²) >= 11 is 0. The Kier molecular flexibility index (Phi) is 5.32. The molecule has 1 saturated carbocycles. The molecule has 2 aromatic rings. The van der Waals surface area contributed by atoms with Crippen molar-refractivity contribution in [2.75, 3.05) is 10.4 Å². The molecule has 0 spiro atoms. The van der Waals surface area contributed by atoms with Gasteiger partial charge in [-0.05, 0) is 37.1 Å². The van der Waals surface area contributed by atoms with Gasteiger partial charge in [0.1, 0.15) is 5.82 Å². The first-order valence-electron chi connectivity index (χ1n) is 8.48. The largest absolute Gasteiger partial charge is 0.378 e. The van der Waals surface area contributed by atoms with Gasteiger partial charge in [-0.1, -0.05) is 17.3 Å². The summed E-state index contributed by atoms with van der Waals surface area (Å²) in [7, 11) is 0. The summed E-state index contributed by atoms with van der Waals surface area (Å²) in [5, 5.41) is 3.42. The molecule has 26 heavy (non-hydrogen) atoms. The Morgan fingerprint density at radius 3 is 2.69 bits per heavy atom. The fourth-order valence-electron chi connectivity index (χ4n) is 3.10. The maximum Gasteiger partial charge on any atom is 0.250 e. The maximum atomic E-state index is 14.7. The Hall–Kier alpha value is -2.74. The summed E-state index contributed by atoms with van der Waals surface area (Å²) in [6.07, 6.45) is 6.30. The average molecular weight is 361 g/mol. The third-order valence-electron chi connectivity index (χ3n) is 4.57. The van der Waals surface area contributed by atoms with Crippen molar-refractivity contribution in [2.45, 2.75) is 37.8 Å². The molecule has 0 unspecified atom stereocenters. The van der Waals surface area contributed by atoms with Gasteiger partial charge in [-0.15, -0.1) is 0 Å². The molecular weight excluding hydrogens is 340 g/mol. The van der Waals surface area contributed by atoms with Gasteiger partial charge in [0.2, 0.25) is 5.91 Å². The lowest BCUT2D eigenvalue weighted by Gasteiger charge is -2.30. The topological polar surface area (TPSA) is 97.3 Å². The lowest BCUT2D eigenvalue weighted by molar-refractivity contribution is 0.1000. The standard InChI is InChI=1S/C18H21F2N5O/c19-14-6-5-12(8-17(14)24-16-4-2-1-3-15(16)21)25(20)13-7-11(18(22)26)9-23-10-13/h5-10,15-16,24H,1-4,21H2,(H2,22,26)/t15-,16+/m0/s1. The van der Waals surface area contributed by atoms with E-state index in [0.717, 1.165) is 25.7 Å². The van der Waals surface area contributed by atoms with E-state index < -0.39 is 11.7 Å². The normalized spacial score (nSPS) is 19.8. The van der Waals surface area contributed by atoms with Crippen molar-refractivity contribution < 1.29 is 13.7 Å². The smallest absolute Gasteiger partial charge is 0.250 e. The molecule has 1 amide bonds. The molecule has 8 heteroatoms. The van der Waals surface area contributed by atoms with Crippen LogP contribution in [0.2, 0.25) is 0 Å². The Bertz CT molecular complexity index is 801. The average Bonchev–Trinajstić information content (AvgIpc) is 2.65. The van der Waals surface area contributed by atoms with Crippen LogP contribution in [0.5, 0.6) is 0 Å². The van der Waals surface area contributed by atoms with Gasteiger partial charge in [-0.25, -0.2) is 4.39 Å². The van der Waals surface area contributed by atoms with Gasteiger partial charge in [0.25, 0.3) is 0 Å². The van der Waals surface area contributed by atoms with Gasteiger partial charge in [0, 0.05) is 18.3 Å². The molecule has 5 N–H and O–H groups in total. The van der Waals surface area contributed by atoms with Crippen LogP contribution in [0.1, 0.15) is 36.0 Å². The predicted molar refractivity (Wildman–Crippen MR) is 96.3 cm³/mol. The Morgan fingerprint density at radius 2 is 1.96 bits per heavy atom. The van der Waals surface area contributed by atoms with Crippen molar-refractivity contribution >= 4 is 23.0 Å². The Morgan fingerprint density at radius 1 is 1.19 bits per heavy atom. The molecule has 1 aliphatic rings. The number of primary amides is 1. The molecule has 1 heterocycles. The first-order valence-corrected chi connectivity index (χ1v) is 8.48. The number of pyridine rings is 1. The number of carbonyl (C=O) groups is 1. The fraction of sp³-hybridized carbons (Fsp3) is 0.333. The van der Waals surface area contributed by atoms with Crippen molar-refractivity contribution in [1.29, 1.82) is 0 Å². The molecule has 0 saturated heterocycles. The van der Waals surface area contributed by atoms with Crippen LogP contribution in [0.15, 0.2) is 36.7 Å². The van der Waals surface area contributed by atoms with Gasteiger partial charge >= 0.3 is 0 Å². The minimum Gasteiger partial charge on any atom is -0.378 e. The summed E-state index contributed by atoms with van der Waals surface area (Å²) in [6, 6.07) is 5.02. The maximum absolute atomic E-state index is 14.7. The van der Waals surface area contributed by atoms with Crippen LogP contribution in [0.4, 0.5) is 25.9 Å². The minimum atomic E-state index is -0.708. The zero-order valence-corrected chi connectivity index (χ0v) is 14.2. The molecule has 1 aromatic heterocycles. The summed E-state index contributed by atoms with van der Waals surface area (Å²) in [5.74, 6) is -1.19. The molecule has 138 valence electrons. The molecule has 0 aliphatic heterocycles. The van der Waals surface area contributed by atoms with Gasteiger partial charge in [0.15, 0.2) is 0 Å². The Labute approximate surface area is 150 Å². The zero-order valence-electron chi connectivity index (χ0n) is 14.2.